The first-order valence-electron chi connectivity index (χ1n) is 7.64. The predicted octanol–water partition coefficient (Wildman–Crippen LogP) is 3.25. The molecule has 0 radical (unpaired) electrons. The van der Waals surface area contributed by atoms with E-state index in [4.69, 9.17) is 0 Å². The highest BCUT2D eigenvalue weighted by Gasteiger charge is 2.08. The number of hydrogen-bond acceptors (Lipinski definition) is 2. The fraction of sp³-hybridized carbons (Fsp3) is 0.222. The maximum atomic E-state index is 12.0. The molecule has 1 aromatic carbocycles. The van der Waals surface area contributed by atoms with Gasteiger partial charge in [-0.1, -0.05) is 18.2 Å². The number of aryl methyl sites for hydroxylation is 2. The maximum absolute atomic E-state index is 12.0. The van der Waals surface area contributed by atoms with Crippen LogP contribution < -0.4 is 10.6 Å². The van der Waals surface area contributed by atoms with Crippen molar-refractivity contribution in [2.45, 2.75) is 13.3 Å². The van der Waals surface area contributed by atoms with E-state index < -0.39 is 0 Å². The second-order valence-corrected chi connectivity index (χ2v) is 5.59. The van der Waals surface area contributed by atoms with Crippen LogP contribution in [-0.2, 0) is 13.5 Å². The SMILES string of the molecule is Cc1ccccc1NC(=O)NCCc1cn(C)c2ncccc12. The van der Waals surface area contributed by atoms with Crippen molar-refractivity contribution < 1.29 is 4.79 Å². The molecule has 3 rings (SSSR count). The summed E-state index contributed by atoms with van der Waals surface area (Å²) in [6.07, 6.45) is 4.63. The minimum atomic E-state index is -0.183. The highest BCUT2D eigenvalue weighted by atomic mass is 16.2. The van der Waals surface area contributed by atoms with E-state index in [0.717, 1.165) is 28.7 Å². The molecule has 2 heterocycles. The number of pyridine rings is 1. The van der Waals surface area contributed by atoms with Gasteiger partial charge in [0.05, 0.1) is 0 Å². The van der Waals surface area contributed by atoms with Gasteiger partial charge in [-0.05, 0) is 42.7 Å². The van der Waals surface area contributed by atoms with Gasteiger partial charge in [-0.15, -0.1) is 0 Å². The molecule has 0 aliphatic heterocycles. The lowest BCUT2D eigenvalue weighted by Gasteiger charge is -2.09. The molecule has 3 aromatic rings. The van der Waals surface area contributed by atoms with Crippen LogP contribution in [0.1, 0.15) is 11.1 Å². The number of rotatable bonds is 4. The maximum Gasteiger partial charge on any atom is 0.319 e. The Morgan fingerprint density at radius 2 is 2.04 bits per heavy atom. The monoisotopic (exact) mass is 308 g/mol. The number of fused-ring (bicyclic) bond motifs is 1. The largest absolute Gasteiger partial charge is 0.338 e. The van der Waals surface area contributed by atoms with E-state index in [9.17, 15) is 4.79 Å². The first kappa shape index (κ1) is 15.1. The highest BCUT2D eigenvalue weighted by molar-refractivity contribution is 5.90. The number of amides is 2. The van der Waals surface area contributed by atoms with Crippen LogP contribution in [0, 0.1) is 6.92 Å². The number of anilines is 1. The number of nitrogens with zero attached hydrogens (tertiary/aromatic N) is 2. The fourth-order valence-electron chi connectivity index (χ4n) is 2.68. The van der Waals surface area contributed by atoms with Gasteiger partial charge >= 0.3 is 6.03 Å². The number of benzene rings is 1. The zero-order chi connectivity index (χ0) is 16.2. The van der Waals surface area contributed by atoms with Gasteiger partial charge < -0.3 is 15.2 Å². The summed E-state index contributed by atoms with van der Waals surface area (Å²) in [5, 5.41) is 6.91. The number of carbonyl (C=O) groups is 1. The van der Waals surface area contributed by atoms with Crippen molar-refractivity contribution >= 4 is 22.8 Å². The highest BCUT2D eigenvalue weighted by Crippen LogP contribution is 2.18. The van der Waals surface area contributed by atoms with Crippen LogP contribution in [0.15, 0.2) is 48.8 Å². The van der Waals surface area contributed by atoms with E-state index in [-0.39, 0.29) is 6.03 Å². The van der Waals surface area contributed by atoms with Crippen LogP contribution >= 0.6 is 0 Å². The van der Waals surface area contributed by atoms with Gasteiger partial charge in [0, 0.05) is 37.1 Å². The van der Waals surface area contributed by atoms with Crippen molar-refractivity contribution in [3.63, 3.8) is 0 Å². The lowest BCUT2D eigenvalue weighted by atomic mass is 10.1. The Labute approximate surface area is 135 Å². The molecule has 0 spiro atoms. The van der Waals surface area contributed by atoms with E-state index in [2.05, 4.69) is 27.9 Å². The minimum absolute atomic E-state index is 0.183. The zero-order valence-corrected chi connectivity index (χ0v) is 13.3. The third kappa shape index (κ3) is 3.34. The average molecular weight is 308 g/mol. The Morgan fingerprint density at radius 1 is 1.22 bits per heavy atom. The number of para-hydroxylation sites is 1. The van der Waals surface area contributed by atoms with Crippen molar-refractivity contribution in [1.82, 2.24) is 14.9 Å². The van der Waals surface area contributed by atoms with Gasteiger partial charge in [-0.2, -0.15) is 0 Å². The number of hydrogen-bond donors (Lipinski definition) is 2. The molecule has 0 bridgehead atoms. The molecule has 5 heteroatoms. The second kappa shape index (κ2) is 6.52. The molecule has 0 saturated heterocycles. The van der Waals surface area contributed by atoms with Gasteiger partial charge in [0.2, 0.25) is 0 Å². The lowest BCUT2D eigenvalue weighted by molar-refractivity contribution is 0.252. The Morgan fingerprint density at radius 3 is 2.87 bits per heavy atom. The number of nitrogens with one attached hydrogen (secondary N) is 2. The molecular weight excluding hydrogens is 288 g/mol. The molecule has 0 saturated carbocycles. The minimum Gasteiger partial charge on any atom is -0.338 e. The van der Waals surface area contributed by atoms with Crippen LogP contribution in [0.4, 0.5) is 10.5 Å². The third-order valence-corrected chi connectivity index (χ3v) is 3.89. The summed E-state index contributed by atoms with van der Waals surface area (Å²) in [4.78, 5) is 16.4. The number of carbonyl (C=O) groups excluding carboxylic acids is 1. The van der Waals surface area contributed by atoms with Crippen LogP contribution in [0.5, 0.6) is 0 Å². The Bertz CT molecular complexity index is 838. The molecule has 2 aromatic heterocycles. The zero-order valence-electron chi connectivity index (χ0n) is 13.3. The molecule has 0 unspecified atom stereocenters. The molecule has 118 valence electrons. The molecule has 0 aliphatic carbocycles. The average Bonchev–Trinajstić information content (AvgIpc) is 2.87. The van der Waals surface area contributed by atoms with E-state index >= 15 is 0 Å². The van der Waals surface area contributed by atoms with E-state index in [1.165, 1.54) is 5.56 Å². The van der Waals surface area contributed by atoms with Crippen LogP contribution in [0.2, 0.25) is 0 Å². The second-order valence-electron chi connectivity index (χ2n) is 5.59. The molecule has 0 aliphatic rings. The van der Waals surface area contributed by atoms with E-state index in [0.29, 0.717) is 6.54 Å². The smallest absolute Gasteiger partial charge is 0.319 e. The van der Waals surface area contributed by atoms with Crippen molar-refractivity contribution in [2.24, 2.45) is 7.05 Å². The Kier molecular flexibility index (Phi) is 4.28. The summed E-state index contributed by atoms with van der Waals surface area (Å²) < 4.78 is 2.01. The fourth-order valence-corrected chi connectivity index (χ4v) is 2.68. The molecule has 23 heavy (non-hydrogen) atoms. The molecule has 0 fully saturated rings. The van der Waals surface area contributed by atoms with Gasteiger partial charge in [-0.3, -0.25) is 0 Å². The topological polar surface area (TPSA) is 59.0 Å². The number of aromatic nitrogens is 2. The van der Waals surface area contributed by atoms with Gasteiger partial charge in [0.25, 0.3) is 0 Å². The normalized spacial score (nSPS) is 10.7. The molecule has 0 atom stereocenters. The summed E-state index contributed by atoms with van der Waals surface area (Å²) in [7, 11) is 1.98. The van der Waals surface area contributed by atoms with Gasteiger partial charge in [0.15, 0.2) is 0 Å². The van der Waals surface area contributed by atoms with Crippen molar-refractivity contribution in [2.75, 3.05) is 11.9 Å². The van der Waals surface area contributed by atoms with Gasteiger partial charge in [-0.25, -0.2) is 9.78 Å². The molecule has 5 nitrogen and oxygen atoms in total. The summed E-state index contributed by atoms with van der Waals surface area (Å²) >= 11 is 0. The molecular formula is C18H20N4O. The summed E-state index contributed by atoms with van der Waals surface area (Å²) in [5.74, 6) is 0. The quantitative estimate of drug-likeness (QED) is 0.777. The Hall–Kier alpha value is -2.82. The molecule has 2 N–H and O–H groups in total. The van der Waals surface area contributed by atoms with Crippen molar-refractivity contribution in [3.8, 4) is 0 Å². The predicted molar refractivity (Wildman–Crippen MR) is 92.6 cm³/mol. The number of urea groups is 1. The third-order valence-electron chi connectivity index (χ3n) is 3.89. The summed E-state index contributed by atoms with van der Waals surface area (Å²) in [6.45, 7) is 2.55. The first-order valence-corrected chi connectivity index (χ1v) is 7.64. The standard InChI is InChI=1S/C18H20N4O/c1-13-6-3-4-8-16(13)21-18(23)20-11-9-14-12-22(2)17-15(14)7-5-10-19-17/h3-8,10,12H,9,11H2,1-2H3,(H2,20,21,23). The lowest BCUT2D eigenvalue weighted by Crippen LogP contribution is -2.30. The van der Waals surface area contributed by atoms with E-state index in [1.54, 1.807) is 6.20 Å². The van der Waals surface area contributed by atoms with Crippen molar-refractivity contribution in [1.29, 1.82) is 0 Å². The first-order chi connectivity index (χ1) is 11.1. The van der Waals surface area contributed by atoms with Crippen LogP contribution in [0.3, 0.4) is 0 Å². The summed E-state index contributed by atoms with van der Waals surface area (Å²) in [6, 6.07) is 11.5. The summed E-state index contributed by atoms with van der Waals surface area (Å²) in [5.41, 5.74) is 4.03. The Balaban J connectivity index is 1.58. The van der Waals surface area contributed by atoms with E-state index in [1.807, 2.05) is 48.9 Å². The van der Waals surface area contributed by atoms with Gasteiger partial charge in [0.1, 0.15) is 5.65 Å². The van der Waals surface area contributed by atoms with Crippen LogP contribution in [-0.4, -0.2) is 22.1 Å². The molecule has 2 amide bonds. The van der Waals surface area contributed by atoms with Crippen LogP contribution in [0.25, 0.3) is 11.0 Å². The van der Waals surface area contributed by atoms with Crippen molar-refractivity contribution in [3.05, 3.63) is 59.9 Å².